The van der Waals surface area contributed by atoms with Gasteiger partial charge >= 0.3 is 0 Å². The largest absolute Gasteiger partial charge is 0.367 e. The van der Waals surface area contributed by atoms with E-state index >= 15 is 0 Å². The minimum Gasteiger partial charge on any atom is -0.367 e. The van der Waals surface area contributed by atoms with Gasteiger partial charge < -0.3 is 15.5 Å². The van der Waals surface area contributed by atoms with E-state index in [1.165, 1.54) is 0 Å². The maximum Gasteiger partial charge on any atom is 0.148 e. The molecule has 0 aliphatic carbocycles. The van der Waals surface area contributed by atoms with E-state index in [0.29, 0.717) is 6.04 Å². The second kappa shape index (κ2) is 5.93. The molecule has 2 N–H and O–H groups in total. The van der Waals surface area contributed by atoms with Gasteiger partial charge in [-0.3, -0.25) is 0 Å². The number of nitrogens with one attached hydrogen (secondary N) is 2. The third kappa shape index (κ3) is 3.64. The average Bonchev–Trinajstić information content (AvgIpc) is 2.37. The molecule has 1 atom stereocenters. The molecule has 0 saturated carbocycles. The highest BCUT2D eigenvalue weighted by Crippen LogP contribution is 2.03. The Morgan fingerprint density at radius 1 is 1.47 bits per heavy atom. The van der Waals surface area contributed by atoms with Crippen LogP contribution in [0.15, 0.2) is 12.1 Å². The number of likely N-dealkylation sites (N-methyl/N-ethyl adjacent to an activating group) is 1. The first-order valence-corrected chi connectivity index (χ1v) is 6.26. The Balaban J connectivity index is 1.80. The van der Waals surface area contributed by atoms with Crippen LogP contribution in [-0.4, -0.2) is 54.4 Å². The third-order valence-electron chi connectivity index (χ3n) is 3.07. The molecule has 0 radical (unpaired) electrons. The summed E-state index contributed by atoms with van der Waals surface area (Å²) in [4.78, 5) is 2.34. The molecule has 1 aromatic heterocycles. The van der Waals surface area contributed by atoms with Crippen LogP contribution in [0.5, 0.6) is 0 Å². The van der Waals surface area contributed by atoms with E-state index in [9.17, 15) is 0 Å². The number of aryl methyl sites for hydroxylation is 1. The smallest absolute Gasteiger partial charge is 0.148 e. The molecule has 1 aromatic rings. The van der Waals surface area contributed by atoms with Crippen LogP contribution in [0.25, 0.3) is 0 Å². The van der Waals surface area contributed by atoms with Gasteiger partial charge in [0.15, 0.2) is 0 Å². The van der Waals surface area contributed by atoms with Crippen molar-refractivity contribution >= 4 is 5.82 Å². The van der Waals surface area contributed by atoms with Gasteiger partial charge in [0.1, 0.15) is 5.82 Å². The molecular formula is C12H21N5. The zero-order chi connectivity index (χ0) is 12.1. The molecule has 1 aliphatic heterocycles. The lowest BCUT2D eigenvalue weighted by molar-refractivity contribution is 0.244. The molecule has 5 nitrogen and oxygen atoms in total. The highest BCUT2D eigenvalue weighted by Gasteiger charge is 2.15. The van der Waals surface area contributed by atoms with Crippen LogP contribution in [-0.2, 0) is 6.42 Å². The van der Waals surface area contributed by atoms with E-state index in [2.05, 4.69) is 39.7 Å². The number of piperazine rings is 1. The summed E-state index contributed by atoms with van der Waals surface area (Å²) in [7, 11) is 2.16. The zero-order valence-electron chi connectivity index (χ0n) is 10.6. The number of anilines is 1. The zero-order valence-corrected chi connectivity index (χ0v) is 10.6. The SMILES string of the molecule is CCc1ccc(NCC2CN(C)CCN2)nn1. The van der Waals surface area contributed by atoms with Gasteiger partial charge in [0.2, 0.25) is 0 Å². The normalized spacial score (nSPS) is 21.4. The molecule has 17 heavy (non-hydrogen) atoms. The molecule has 0 bridgehead atoms. The molecular weight excluding hydrogens is 214 g/mol. The Hall–Kier alpha value is -1.20. The Bertz CT molecular complexity index is 337. The molecule has 2 heterocycles. The number of hydrogen-bond donors (Lipinski definition) is 2. The Labute approximate surface area is 103 Å². The van der Waals surface area contributed by atoms with Crippen LogP contribution in [0.2, 0.25) is 0 Å². The summed E-state index contributed by atoms with van der Waals surface area (Å²) in [5, 5.41) is 15.1. The topological polar surface area (TPSA) is 53.1 Å². The fourth-order valence-corrected chi connectivity index (χ4v) is 2.00. The molecule has 1 fully saturated rings. The molecule has 1 saturated heterocycles. The summed E-state index contributed by atoms with van der Waals surface area (Å²) >= 11 is 0. The lowest BCUT2D eigenvalue weighted by Crippen LogP contribution is -2.51. The second-order valence-corrected chi connectivity index (χ2v) is 4.56. The van der Waals surface area contributed by atoms with E-state index in [4.69, 9.17) is 0 Å². The van der Waals surface area contributed by atoms with Crippen molar-refractivity contribution in [2.24, 2.45) is 0 Å². The standard InChI is InChI=1S/C12H21N5/c1-3-10-4-5-12(16-15-10)14-8-11-9-17(2)7-6-13-11/h4-5,11,13H,3,6-9H2,1-2H3,(H,14,16). The van der Waals surface area contributed by atoms with Crippen LogP contribution in [0, 0.1) is 0 Å². The molecule has 2 rings (SSSR count). The van der Waals surface area contributed by atoms with Gasteiger partial charge in [0.05, 0.1) is 5.69 Å². The van der Waals surface area contributed by atoms with Gasteiger partial charge in [-0.05, 0) is 25.6 Å². The van der Waals surface area contributed by atoms with Crippen molar-refractivity contribution in [3.8, 4) is 0 Å². The number of nitrogens with zero attached hydrogens (tertiary/aromatic N) is 3. The van der Waals surface area contributed by atoms with Gasteiger partial charge in [0, 0.05) is 32.2 Å². The number of rotatable bonds is 4. The van der Waals surface area contributed by atoms with Crippen molar-refractivity contribution in [3.05, 3.63) is 17.8 Å². The van der Waals surface area contributed by atoms with E-state index in [1.54, 1.807) is 0 Å². The number of aromatic nitrogens is 2. The minimum absolute atomic E-state index is 0.487. The maximum atomic E-state index is 4.15. The third-order valence-corrected chi connectivity index (χ3v) is 3.07. The van der Waals surface area contributed by atoms with E-state index < -0.39 is 0 Å². The summed E-state index contributed by atoms with van der Waals surface area (Å²) in [6.45, 7) is 6.24. The van der Waals surface area contributed by atoms with Crippen LogP contribution < -0.4 is 10.6 Å². The van der Waals surface area contributed by atoms with Crippen molar-refractivity contribution in [2.75, 3.05) is 38.5 Å². The van der Waals surface area contributed by atoms with Crippen molar-refractivity contribution in [1.82, 2.24) is 20.4 Å². The molecule has 0 spiro atoms. The summed E-state index contributed by atoms with van der Waals surface area (Å²) in [6, 6.07) is 4.51. The minimum atomic E-state index is 0.487. The molecule has 0 aromatic carbocycles. The quantitative estimate of drug-likeness (QED) is 0.789. The Morgan fingerprint density at radius 2 is 2.35 bits per heavy atom. The van der Waals surface area contributed by atoms with Crippen molar-refractivity contribution in [3.63, 3.8) is 0 Å². The predicted molar refractivity (Wildman–Crippen MR) is 69.2 cm³/mol. The predicted octanol–water partition coefficient (Wildman–Crippen LogP) is 0.354. The number of hydrogen-bond acceptors (Lipinski definition) is 5. The summed E-state index contributed by atoms with van der Waals surface area (Å²) in [5.74, 6) is 0.859. The van der Waals surface area contributed by atoms with Gasteiger partial charge in [-0.1, -0.05) is 6.92 Å². The van der Waals surface area contributed by atoms with Crippen molar-refractivity contribution < 1.29 is 0 Å². The lowest BCUT2D eigenvalue weighted by Gasteiger charge is -2.31. The fourth-order valence-electron chi connectivity index (χ4n) is 2.00. The molecule has 94 valence electrons. The van der Waals surface area contributed by atoms with Gasteiger partial charge in [-0.2, -0.15) is 5.10 Å². The molecule has 1 aliphatic rings. The highest BCUT2D eigenvalue weighted by molar-refractivity contribution is 5.33. The van der Waals surface area contributed by atoms with Crippen LogP contribution in [0.4, 0.5) is 5.82 Å². The molecule has 0 amide bonds. The molecule has 5 heteroatoms. The lowest BCUT2D eigenvalue weighted by atomic mass is 10.2. The summed E-state index contributed by atoms with van der Waals surface area (Å²) < 4.78 is 0. The second-order valence-electron chi connectivity index (χ2n) is 4.56. The van der Waals surface area contributed by atoms with Crippen LogP contribution in [0.3, 0.4) is 0 Å². The van der Waals surface area contributed by atoms with Crippen molar-refractivity contribution in [1.29, 1.82) is 0 Å². The van der Waals surface area contributed by atoms with Gasteiger partial charge in [-0.15, -0.1) is 5.10 Å². The van der Waals surface area contributed by atoms with Gasteiger partial charge in [-0.25, -0.2) is 0 Å². The fraction of sp³-hybridized carbons (Fsp3) is 0.667. The van der Waals surface area contributed by atoms with Crippen LogP contribution in [0.1, 0.15) is 12.6 Å². The van der Waals surface area contributed by atoms with E-state index in [1.807, 2.05) is 12.1 Å². The molecule has 1 unspecified atom stereocenters. The highest BCUT2D eigenvalue weighted by atomic mass is 15.2. The van der Waals surface area contributed by atoms with Gasteiger partial charge in [0.25, 0.3) is 0 Å². The summed E-state index contributed by atoms with van der Waals surface area (Å²) in [6.07, 6.45) is 0.933. The van der Waals surface area contributed by atoms with E-state index in [-0.39, 0.29) is 0 Å². The monoisotopic (exact) mass is 235 g/mol. The van der Waals surface area contributed by atoms with Crippen LogP contribution >= 0.6 is 0 Å². The summed E-state index contributed by atoms with van der Waals surface area (Å²) in [5.41, 5.74) is 1.03. The van der Waals surface area contributed by atoms with E-state index in [0.717, 1.165) is 44.1 Å². The maximum absolute atomic E-state index is 4.15. The first-order chi connectivity index (χ1) is 8.28. The Morgan fingerprint density at radius 3 is 3.00 bits per heavy atom. The average molecular weight is 235 g/mol. The van der Waals surface area contributed by atoms with Crippen molar-refractivity contribution in [2.45, 2.75) is 19.4 Å². The first kappa shape index (κ1) is 12.3. The first-order valence-electron chi connectivity index (χ1n) is 6.26. The Kier molecular flexibility index (Phi) is 4.28.